The Balaban J connectivity index is 2.69. The molecule has 0 aromatic carbocycles. The van der Waals surface area contributed by atoms with E-state index >= 15 is 0 Å². The van der Waals surface area contributed by atoms with Gasteiger partial charge in [0.15, 0.2) is 10.4 Å². The first-order chi connectivity index (χ1) is 9.25. The smallest absolute Gasteiger partial charge is 0.287 e. The second kappa shape index (κ2) is 7.47. The van der Waals surface area contributed by atoms with Gasteiger partial charge in [-0.15, -0.1) is 0 Å². The lowest BCUT2D eigenvalue weighted by molar-refractivity contribution is 0.0908. The van der Waals surface area contributed by atoms with Crippen molar-refractivity contribution in [2.75, 3.05) is 0 Å². The molecule has 1 N–H and O–H groups in total. The van der Waals surface area contributed by atoms with Crippen LogP contribution in [0.3, 0.4) is 0 Å². The van der Waals surface area contributed by atoms with E-state index in [2.05, 4.69) is 28.2 Å². The third kappa shape index (κ3) is 5.10. The highest BCUT2D eigenvalue weighted by Gasteiger charge is 2.23. The zero-order valence-electron chi connectivity index (χ0n) is 11.3. The molecule has 1 unspecified atom stereocenters. The van der Waals surface area contributed by atoms with Gasteiger partial charge in [0.05, 0.1) is 0 Å². The Bertz CT molecular complexity index is 570. The molecule has 1 aromatic rings. The molecule has 0 bridgehead atoms. The van der Waals surface area contributed by atoms with E-state index in [1.807, 2.05) is 6.92 Å². The van der Waals surface area contributed by atoms with E-state index < -0.39 is 15.0 Å². The van der Waals surface area contributed by atoms with Crippen molar-refractivity contribution in [1.82, 2.24) is 5.32 Å². The predicted molar refractivity (Wildman–Crippen MR) is 80.5 cm³/mol. The minimum absolute atomic E-state index is 0.00557. The van der Waals surface area contributed by atoms with Crippen molar-refractivity contribution in [1.29, 1.82) is 0 Å². The molecule has 1 amide bonds. The van der Waals surface area contributed by atoms with Crippen molar-refractivity contribution in [2.45, 2.75) is 50.5 Å². The Morgan fingerprint density at radius 3 is 2.65 bits per heavy atom. The summed E-state index contributed by atoms with van der Waals surface area (Å²) in [6, 6.07) is 1.11. The number of carbonyl (C=O) groups is 1. The van der Waals surface area contributed by atoms with Gasteiger partial charge in [0.2, 0.25) is 0 Å². The zero-order valence-corrected chi connectivity index (χ0v) is 14.4. The minimum Gasteiger partial charge on any atom is -0.443 e. The molecular weight excluding hydrogens is 370 g/mol. The topological polar surface area (TPSA) is 76.4 Å². The largest absolute Gasteiger partial charge is 0.443 e. The lowest BCUT2D eigenvalue weighted by Gasteiger charge is -2.12. The second-order valence-electron chi connectivity index (χ2n) is 4.56. The molecule has 0 saturated carbocycles. The molecule has 0 aliphatic rings. The SMILES string of the molecule is CCCCCC(C)NC(=O)c1cc(S(=O)(=O)Cl)c(Br)o1. The molecular formula is C12H17BrClNO4S. The molecule has 0 aliphatic heterocycles. The maximum Gasteiger partial charge on any atom is 0.287 e. The monoisotopic (exact) mass is 385 g/mol. The Kier molecular flexibility index (Phi) is 6.54. The van der Waals surface area contributed by atoms with E-state index in [1.165, 1.54) is 0 Å². The third-order valence-corrected chi connectivity index (χ3v) is 4.94. The van der Waals surface area contributed by atoms with Gasteiger partial charge in [-0.05, 0) is 29.3 Å². The second-order valence-corrected chi connectivity index (χ2v) is 7.81. The summed E-state index contributed by atoms with van der Waals surface area (Å²) >= 11 is 2.93. The number of furan rings is 1. The van der Waals surface area contributed by atoms with Crippen LogP contribution in [-0.4, -0.2) is 20.4 Å². The molecule has 0 aliphatic carbocycles. The van der Waals surface area contributed by atoms with Gasteiger partial charge in [0.25, 0.3) is 15.0 Å². The summed E-state index contributed by atoms with van der Waals surface area (Å²) in [5.74, 6) is -0.542. The molecule has 1 aromatic heterocycles. The van der Waals surface area contributed by atoms with Crippen molar-refractivity contribution in [3.8, 4) is 0 Å². The number of unbranched alkanes of at least 4 members (excludes halogenated alkanes) is 2. The maximum atomic E-state index is 11.9. The molecule has 0 fully saturated rings. The number of halogens is 2. The third-order valence-electron chi connectivity index (χ3n) is 2.76. The van der Waals surface area contributed by atoms with Gasteiger partial charge in [-0.25, -0.2) is 8.42 Å². The van der Waals surface area contributed by atoms with Gasteiger partial charge in [0, 0.05) is 22.8 Å². The van der Waals surface area contributed by atoms with E-state index in [1.54, 1.807) is 0 Å². The summed E-state index contributed by atoms with van der Waals surface area (Å²) in [7, 11) is 1.28. The highest BCUT2D eigenvalue weighted by Crippen LogP contribution is 2.28. The van der Waals surface area contributed by atoms with Crippen LogP contribution < -0.4 is 5.32 Å². The molecule has 114 valence electrons. The number of carbonyl (C=O) groups excluding carboxylic acids is 1. The van der Waals surface area contributed by atoms with Crippen molar-refractivity contribution in [3.63, 3.8) is 0 Å². The number of hydrogen-bond donors (Lipinski definition) is 1. The van der Waals surface area contributed by atoms with Crippen LogP contribution >= 0.6 is 26.6 Å². The van der Waals surface area contributed by atoms with Crippen molar-refractivity contribution in [2.24, 2.45) is 0 Å². The first kappa shape index (κ1) is 17.5. The molecule has 0 spiro atoms. The van der Waals surface area contributed by atoms with Gasteiger partial charge in [0.1, 0.15) is 4.90 Å². The van der Waals surface area contributed by atoms with Gasteiger partial charge < -0.3 is 9.73 Å². The van der Waals surface area contributed by atoms with Gasteiger partial charge in [-0.3, -0.25) is 4.79 Å². The molecule has 1 heterocycles. The van der Waals surface area contributed by atoms with Gasteiger partial charge >= 0.3 is 0 Å². The molecule has 1 atom stereocenters. The predicted octanol–water partition coefficient (Wildman–Crippen LogP) is 3.67. The number of nitrogens with one attached hydrogen (secondary N) is 1. The fourth-order valence-electron chi connectivity index (χ4n) is 1.70. The summed E-state index contributed by atoms with van der Waals surface area (Å²) in [6.07, 6.45) is 4.12. The first-order valence-corrected chi connectivity index (χ1v) is 9.40. The summed E-state index contributed by atoms with van der Waals surface area (Å²) < 4.78 is 27.5. The summed E-state index contributed by atoms with van der Waals surface area (Å²) in [5, 5.41) is 2.76. The van der Waals surface area contributed by atoms with E-state index in [0.29, 0.717) is 0 Å². The lowest BCUT2D eigenvalue weighted by atomic mass is 10.1. The van der Waals surface area contributed by atoms with Crippen molar-refractivity contribution in [3.05, 3.63) is 16.5 Å². The van der Waals surface area contributed by atoms with Crippen LogP contribution in [-0.2, 0) is 9.05 Å². The van der Waals surface area contributed by atoms with Crippen LogP contribution in [0.5, 0.6) is 0 Å². The van der Waals surface area contributed by atoms with Crippen LogP contribution in [0.1, 0.15) is 50.1 Å². The lowest BCUT2D eigenvalue weighted by Crippen LogP contribution is -2.32. The van der Waals surface area contributed by atoms with Crippen molar-refractivity contribution >= 4 is 41.6 Å². The Hall–Kier alpha value is -0.530. The zero-order chi connectivity index (χ0) is 15.3. The van der Waals surface area contributed by atoms with Crippen LogP contribution in [0.25, 0.3) is 0 Å². The highest BCUT2D eigenvalue weighted by atomic mass is 79.9. The minimum atomic E-state index is -3.94. The number of amides is 1. The molecule has 1 rings (SSSR count). The Labute approximate surface area is 131 Å². The van der Waals surface area contributed by atoms with Gasteiger partial charge in [-0.1, -0.05) is 26.2 Å². The maximum absolute atomic E-state index is 11.9. The molecule has 0 saturated heterocycles. The normalized spacial score (nSPS) is 13.2. The van der Waals surface area contributed by atoms with Crippen LogP contribution in [0.2, 0.25) is 0 Å². The highest BCUT2D eigenvalue weighted by molar-refractivity contribution is 9.10. The van der Waals surface area contributed by atoms with E-state index in [9.17, 15) is 13.2 Å². The average molecular weight is 387 g/mol. The summed E-state index contributed by atoms with van der Waals surface area (Å²) in [6.45, 7) is 4.00. The first-order valence-electron chi connectivity index (χ1n) is 6.30. The van der Waals surface area contributed by atoms with Crippen molar-refractivity contribution < 1.29 is 17.6 Å². The fraction of sp³-hybridized carbons (Fsp3) is 0.583. The van der Waals surface area contributed by atoms with Crippen LogP contribution in [0.15, 0.2) is 20.0 Å². The molecule has 5 nitrogen and oxygen atoms in total. The summed E-state index contributed by atoms with van der Waals surface area (Å²) in [4.78, 5) is 11.7. The molecule has 0 radical (unpaired) electrons. The summed E-state index contributed by atoms with van der Waals surface area (Å²) in [5.41, 5.74) is 0. The van der Waals surface area contributed by atoms with Crippen LogP contribution in [0, 0.1) is 0 Å². The molecule has 20 heavy (non-hydrogen) atoms. The van der Waals surface area contributed by atoms with E-state index in [-0.39, 0.29) is 21.4 Å². The fourth-order valence-corrected chi connectivity index (χ4v) is 3.73. The molecule has 8 heteroatoms. The van der Waals surface area contributed by atoms with Gasteiger partial charge in [-0.2, -0.15) is 0 Å². The Morgan fingerprint density at radius 1 is 1.50 bits per heavy atom. The standard InChI is InChI=1S/C12H17BrClNO4S/c1-3-4-5-6-8(2)15-12(16)9-7-10(11(13)19-9)20(14,17)18/h7-8H,3-6H2,1-2H3,(H,15,16). The number of rotatable bonds is 7. The van der Waals surface area contributed by atoms with E-state index in [0.717, 1.165) is 31.7 Å². The van der Waals surface area contributed by atoms with E-state index in [4.69, 9.17) is 15.1 Å². The Morgan fingerprint density at radius 2 is 2.15 bits per heavy atom. The number of hydrogen-bond acceptors (Lipinski definition) is 4. The van der Waals surface area contributed by atoms with Crippen LogP contribution in [0.4, 0.5) is 0 Å². The quantitative estimate of drug-likeness (QED) is 0.573. The average Bonchev–Trinajstić information content (AvgIpc) is 2.71.